The quantitative estimate of drug-likeness (QED) is 0.503. The van der Waals surface area contributed by atoms with Crippen LogP contribution in [0, 0.1) is 10.1 Å². The van der Waals surface area contributed by atoms with Crippen LogP contribution in [0.25, 0.3) is 0 Å². The van der Waals surface area contributed by atoms with E-state index < -0.39 is 16.9 Å². The van der Waals surface area contributed by atoms with Gasteiger partial charge in [-0.15, -0.1) is 0 Å². The Hall–Kier alpha value is -1.66. The normalized spacial score (nSPS) is 11.9. The van der Waals surface area contributed by atoms with Crippen LogP contribution in [0.2, 0.25) is 5.02 Å². The number of nitro benzene ring substituents is 1. The lowest BCUT2D eigenvalue weighted by Crippen LogP contribution is -2.18. The second-order valence-electron chi connectivity index (χ2n) is 3.58. The Morgan fingerprint density at radius 1 is 1.61 bits per heavy atom. The molecule has 0 aliphatic carbocycles. The van der Waals surface area contributed by atoms with Crippen LogP contribution in [-0.4, -0.2) is 17.5 Å². The van der Waals surface area contributed by atoms with Gasteiger partial charge in [0, 0.05) is 22.7 Å². The van der Waals surface area contributed by atoms with Crippen LogP contribution in [0.5, 0.6) is 0 Å². The lowest BCUT2D eigenvalue weighted by Gasteiger charge is -2.11. The monoisotopic (exact) mass is 272 g/mol. The summed E-state index contributed by atoms with van der Waals surface area (Å²) in [5.74, 6) is -0.501. The minimum atomic E-state index is -0.817. The van der Waals surface area contributed by atoms with E-state index in [4.69, 9.17) is 22.1 Å². The number of esters is 1. The summed E-state index contributed by atoms with van der Waals surface area (Å²) < 4.78 is 4.74. The molecule has 0 fully saturated rings. The number of rotatable bonds is 5. The van der Waals surface area contributed by atoms with Crippen molar-refractivity contribution in [2.45, 2.75) is 19.4 Å². The van der Waals surface area contributed by atoms with Crippen molar-refractivity contribution in [3.63, 3.8) is 0 Å². The van der Waals surface area contributed by atoms with E-state index in [0.29, 0.717) is 5.02 Å². The van der Waals surface area contributed by atoms with Gasteiger partial charge in [0.05, 0.1) is 18.0 Å². The first-order valence-corrected chi connectivity index (χ1v) is 5.68. The zero-order valence-corrected chi connectivity index (χ0v) is 10.5. The summed E-state index contributed by atoms with van der Waals surface area (Å²) in [5.41, 5.74) is 5.84. The van der Waals surface area contributed by atoms with E-state index in [1.807, 2.05) is 0 Å². The molecule has 1 atom stereocenters. The van der Waals surface area contributed by atoms with Gasteiger partial charge in [-0.2, -0.15) is 0 Å². The van der Waals surface area contributed by atoms with Gasteiger partial charge >= 0.3 is 5.97 Å². The summed E-state index contributed by atoms with van der Waals surface area (Å²) in [6.45, 7) is 1.91. The molecule has 0 heterocycles. The van der Waals surface area contributed by atoms with E-state index in [1.165, 1.54) is 18.2 Å². The maximum Gasteiger partial charge on any atom is 0.307 e. The largest absolute Gasteiger partial charge is 0.466 e. The Morgan fingerprint density at radius 2 is 2.28 bits per heavy atom. The molecule has 6 nitrogen and oxygen atoms in total. The fourth-order valence-electron chi connectivity index (χ4n) is 1.50. The number of hydrogen-bond donors (Lipinski definition) is 1. The second-order valence-corrected chi connectivity index (χ2v) is 4.01. The van der Waals surface area contributed by atoms with Gasteiger partial charge in [-0.1, -0.05) is 11.6 Å². The molecular weight excluding hydrogens is 260 g/mol. The molecular formula is C11H13ClN2O4. The maximum atomic E-state index is 11.3. The van der Waals surface area contributed by atoms with E-state index in [0.717, 1.165) is 0 Å². The smallest absolute Gasteiger partial charge is 0.307 e. The average Bonchev–Trinajstić information content (AvgIpc) is 2.28. The predicted octanol–water partition coefficient (Wildman–Crippen LogP) is 2.20. The minimum Gasteiger partial charge on any atom is -0.466 e. The third-order valence-corrected chi connectivity index (χ3v) is 2.51. The zero-order chi connectivity index (χ0) is 13.7. The first kappa shape index (κ1) is 14.4. The second kappa shape index (κ2) is 6.32. The molecule has 1 rings (SSSR count). The highest BCUT2D eigenvalue weighted by Crippen LogP contribution is 2.28. The van der Waals surface area contributed by atoms with Crippen molar-refractivity contribution in [1.29, 1.82) is 0 Å². The molecule has 1 aromatic carbocycles. The number of benzene rings is 1. The highest BCUT2D eigenvalue weighted by atomic mass is 35.5. The number of hydrogen-bond acceptors (Lipinski definition) is 5. The van der Waals surface area contributed by atoms with Gasteiger partial charge in [0.1, 0.15) is 0 Å². The molecule has 18 heavy (non-hydrogen) atoms. The van der Waals surface area contributed by atoms with Crippen molar-refractivity contribution < 1.29 is 14.5 Å². The summed E-state index contributed by atoms with van der Waals surface area (Å²) in [5, 5.41) is 11.2. The minimum absolute atomic E-state index is 0.130. The summed E-state index contributed by atoms with van der Waals surface area (Å²) in [6.07, 6.45) is -0.130. The van der Waals surface area contributed by atoms with Crippen LogP contribution in [0.1, 0.15) is 24.9 Å². The van der Waals surface area contributed by atoms with Crippen molar-refractivity contribution in [2.75, 3.05) is 6.61 Å². The van der Waals surface area contributed by atoms with Crippen LogP contribution in [0.15, 0.2) is 18.2 Å². The number of nitro groups is 1. The number of nitrogens with two attached hydrogens (primary N) is 1. The van der Waals surface area contributed by atoms with Gasteiger partial charge in [-0.25, -0.2) is 0 Å². The molecule has 0 aliphatic rings. The highest BCUT2D eigenvalue weighted by molar-refractivity contribution is 6.30. The fraction of sp³-hybridized carbons (Fsp3) is 0.364. The summed E-state index contributed by atoms with van der Waals surface area (Å²) in [6, 6.07) is 3.25. The van der Waals surface area contributed by atoms with E-state index in [2.05, 4.69) is 0 Å². The predicted molar refractivity (Wildman–Crippen MR) is 66.3 cm³/mol. The Labute approximate surface area is 109 Å². The zero-order valence-electron chi connectivity index (χ0n) is 9.76. The molecule has 0 amide bonds. The van der Waals surface area contributed by atoms with Crippen molar-refractivity contribution in [1.82, 2.24) is 0 Å². The van der Waals surface area contributed by atoms with Crippen molar-refractivity contribution >= 4 is 23.3 Å². The van der Waals surface area contributed by atoms with Crippen LogP contribution < -0.4 is 5.73 Å². The lowest BCUT2D eigenvalue weighted by atomic mass is 10.0. The van der Waals surface area contributed by atoms with Crippen LogP contribution in [0.3, 0.4) is 0 Å². The Balaban J connectivity index is 2.96. The van der Waals surface area contributed by atoms with Crippen LogP contribution in [0.4, 0.5) is 5.69 Å². The molecule has 0 aliphatic heterocycles. The van der Waals surface area contributed by atoms with E-state index in [1.54, 1.807) is 6.92 Å². The summed E-state index contributed by atoms with van der Waals surface area (Å²) in [7, 11) is 0. The van der Waals surface area contributed by atoms with Gasteiger partial charge in [-0.05, 0) is 19.1 Å². The van der Waals surface area contributed by atoms with Crippen LogP contribution in [-0.2, 0) is 9.53 Å². The average molecular weight is 273 g/mol. The molecule has 98 valence electrons. The third kappa shape index (κ3) is 3.68. The van der Waals surface area contributed by atoms with Gasteiger partial charge in [-0.3, -0.25) is 14.9 Å². The SMILES string of the molecule is CCOC(=O)C[C@@H](N)c1cc(Cl)ccc1[N+](=O)[O-]. The number of carbonyl (C=O) groups is 1. The van der Waals surface area contributed by atoms with Crippen molar-refractivity contribution in [3.05, 3.63) is 38.9 Å². The molecule has 0 aromatic heterocycles. The first-order chi connectivity index (χ1) is 8.45. The third-order valence-electron chi connectivity index (χ3n) is 2.28. The lowest BCUT2D eigenvalue weighted by molar-refractivity contribution is -0.385. The molecule has 0 radical (unpaired) electrons. The Bertz CT molecular complexity index is 464. The first-order valence-electron chi connectivity index (χ1n) is 5.30. The molecule has 1 aromatic rings. The topological polar surface area (TPSA) is 95.5 Å². The maximum absolute atomic E-state index is 11.3. The summed E-state index contributed by atoms with van der Waals surface area (Å²) >= 11 is 5.77. The van der Waals surface area contributed by atoms with Gasteiger partial charge < -0.3 is 10.5 Å². The van der Waals surface area contributed by atoms with E-state index in [9.17, 15) is 14.9 Å². The van der Waals surface area contributed by atoms with Gasteiger partial charge in [0.2, 0.25) is 0 Å². The van der Waals surface area contributed by atoms with Crippen molar-refractivity contribution in [2.24, 2.45) is 5.73 Å². The van der Waals surface area contributed by atoms with E-state index in [-0.39, 0.29) is 24.3 Å². The number of halogens is 1. The molecule has 0 spiro atoms. The Morgan fingerprint density at radius 3 is 2.83 bits per heavy atom. The molecule has 0 saturated heterocycles. The van der Waals surface area contributed by atoms with Crippen LogP contribution >= 0.6 is 11.6 Å². The Kier molecular flexibility index (Phi) is 5.06. The molecule has 7 heteroatoms. The molecule has 0 unspecified atom stereocenters. The molecule has 0 saturated carbocycles. The number of carbonyl (C=O) groups excluding carboxylic acids is 1. The standard InChI is InChI=1S/C11H13ClN2O4/c1-2-18-11(15)6-9(13)8-5-7(12)3-4-10(8)14(16)17/h3-5,9H,2,6,13H2,1H3/t9-/m1/s1. The van der Waals surface area contributed by atoms with Gasteiger partial charge in [0.15, 0.2) is 0 Å². The molecule has 2 N–H and O–H groups in total. The summed E-state index contributed by atoms with van der Waals surface area (Å²) in [4.78, 5) is 21.6. The number of ether oxygens (including phenoxy) is 1. The van der Waals surface area contributed by atoms with Crippen molar-refractivity contribution in [3.8, 4) is 0 Å². The number of nitrogens with zero attached hydrogens (tertiary/aromatic N) is 1. The fourth-order valence-corrected chi connectivity index (χ4v) is 1.68. The van der Waals surface area contributed by atoms with Gasteiger partial charge in [0.25, 0.3) is 5.69 Å². The highest BCUT2D eigenvalue weighted by Gasteiger charge is 2.22. The van der Waals surface area contributed by atoms with E-state index >= 15 is 0 Å². The molecule has 0 bridgehead atoms.